The van der Waals surface area contributed by atoms with E-state index in [2.05, 4.69) is 10.3 Å². The van der Waals surface area contributed by atoms with E-state index in [-0.39, 0.29) is 0 Å². The summed E-state index contributed by atoms with van der Waals surface area (Å²) in [6.45, 7) is 0. The van der Waals surface area contributed by atoms with Crippen LogP contribution in [0.2, 0.25) is 0 Å². The van der Waals surface area contributed by atoms with Crippen molar-refractivity contribution in [1.82, 2.24) is 5.32 Å². The van der Waals surface area contributed by atoms with Gasteiger partial charge in [-0.25, -0.2) is 4.99 Å². The Hall–Kier alpha value is -2.02. The summed E-state index contributed by atoms with van der Waals surface area (Å²) >= 11 is 0. The van der Waals surface area contributed by atoms with E-state index >= 15 is 0 Å². The second kappa shape index (κ2) is 4.02. The smallest absolute Gasteiger partial charge is 0.385 e. The summed E-state index contributed by atoms with van der Waals surface area (Å²) in [4.78, 5) is 3.98. The number of halogens is 3. The van der Waals surface area contributed by atoms with Crippen molar-refractivity contribution in [3.63, 3.8) is 0 Å². The van der Waals surface area contributed by atoms with Crippen molar-refractivity contribution in [1.29, 1.82) is 0 Å². The molecule has 1 aliphatic rings. The lowest BCUT2D eigenvalue weighted by Gasteiger charge is -2.25. The van der Waals surface area contributed by atoms with Crippen molar-refractivity contribution in [2.45, 2.75) is 11.8 Å². The molecule has 1 atom stereocenters. The molecule has 96 valence electrons. The number of nitrogens with one attached hydrogen (secondary N) is 1. The number of rotatable bonds is 1. The molecule has 0 amide bonds. The molecule has 0 saturated heterocycles. The van der Waals surface area contributed by atoms with Gasteiger partial charge in [0.2, 0.25) is 0 Å². The first-order chi connectivity index (χ1) is 8.31. The van der Waals surface area contributed by atoms with Crippen molar-refractivity contribution in [2.75, 3.05) is 0 Å². The minimum Gasteiger partial charge on any atom is -0.385 e. The Balaban J connectivity index is 2.35. The Morgan fingerprint density at radius 3 is 2.28 bits per heavy atom. The van der Waals surface area contributed by atoms with Crippen LogP contribution in [0.5, 0.6) is 0 Å². The highest BCUT2D eigenvalue weighted by atomic mass is 19.4. The molecule has 0 aliphatic carbocycles. The zero-order chi connectivity index (χ0) is 13.4. The van der Waals surface area contributed by atoms with E-state index in [0.29, 0.717) is 11.4 Å². The van der Waals surface area contributed by atoms with Crippen molar-refractivity contribution >= 4 is 6.34 Å². The third kappa shape index (κ3) is 2.30. The summed E-state index contributed by atoms with van der Waals surface area (Å²) in [6.07, 6.45) is -1.62. The van der Waals surface area contributed by atoms with Gasteiger partial charge in [0.05, 0.1) is 11.9 Å². The van der Waals surface area contributed by atoms with E-state index in [1.165, 1.54) is 24.5 Å². The monoisotopic (exact) mass is 256 g/mol. The van der Waals surface area contributed by atoms with Gasteiger partial charge in [0.15, 0.2) is 5.66 Å². The number of benzene rings is 1. The van der Waals surface area contributed by atoms with Crippen molar-refractivity contribution < 1.29 is 13.2 Å². The van der Waals surface area contributed by atoms with Crippen LogP contribution in [-0.4, -0.2) is 6.34 Å². The second-order valence-corrected chi connectivity index (χ2v) is 3.90. The predicted octanol–water partition coefficient (Wildman–Crippen LogP) is 1.25. The van der Waals surface area contributed by atoms with Crippen LogP contribution in [0.25, 0.3) is 0 Å². The maximum atomic E-state index is 12.4. The largest absolute Gasteiger partial charge is 0.416 e. The third-order valence-corrected chi connectivity index (χ3v) is 2.56. The number of hydrogen-bond acceptors (Lipinski definition) is 4. The first-order valence-electron chi connectivity index (χ1n) is 5.06. The SMILES string of the molecule is NC1=CC(N)(c2ccc(C(F)(F)F)cc2)N=CN1. The number of nitrogens with zero attached hydrogens (tertiary/aromatic N) is 1. The van der Waals surface area contributed by atoms with Gasteiger partial charge >= 0.3 is 6.18 Å². The molecular weight excluding hydrogens is 245 g/mol. The Morgan fingerprint density at radius 2 is 1.78 bits per heavy atom. The Morgan fingerprint density at radius 1 is 1.17 bits per heavy atom. The number of hydrogen-bond donors (Lipinski definition) is 3. The maximum Gasteiger partial charge on any atom is 0.416 e. The van der Waals surface area contributed by atoms with Crippen LogP contribution < -0.4 is 16.8 Å². The van der Waals surface area contributed by atoms with Crippen LogP contribution in [0, 0.1) is 0 Å². The zero-order valence-electron chi connectivity index (χ0n) is 9.20. The van der Waals surface area contributed by atoms with Crippen molar-refractivity contribution in [3.05, 3.63) is 47.3 Å². The minimum absolute atomic E-state index is 0.299. The van der Waals surface area contributed by atoms with Gasteiger partial charge in [-0.05, 0) is 17.7 Å². The van der Waals surface area contributed by atoms with E-state index in [1.54, 1.807) is 0 Å². The average molecular weight is 256 g/mol. The first kappa shape index (κ1) is 12.4. The Labute approximate surface area is 101 Å². The summed E-state index contributed by atoms with van der Waals surface area (Å²) in [6, 6.07) is 4.50. The van der Waals surface area contributed by atoms with Crippen molar-refractivity contribution in [2.24, 2.45) is 16.5 Å². The normalized spacial score (nSPS) is 23.4. The minimum atomic E-state index is -4.37. The maximum absolute atomic E-state index is 12.4. The Bertz CT molecular complexity index is 504. The van der Waals surface area contributed by atoms with Gasteiger partial charge in [0.1, 0.15) is 5.82 Å². The molecule has 1 unspecified atom stereocenters. The third-order valence-electron chi connectivity index (χ3n) is 2.56. The van der Waals surface area contributed by atoms with Gasteiger partial charge in [0, 0.05) is 6.08 Å². The fourth-order valence-corrected chi connectivity index (χ4v) is 1.61. The molecule has 5 N–H and O–H groups in total. The van der Waals surface area contributed by atoms with Gasteiger partial charge in [-0.15, -0.1) is 0 Å². The van der Waals surface area contributed by atoms with Gasteiger partial charge in [-0.1, -0.05) is 12.1 Å². The lowest BCUT2D eigenvalue weighted by atomic mass is 9.98. The van der Waals surface area contributed by atoms with E-state index in [9.17, 15) is 13.2 Å². The van der Waals surface area contributed by atoms with Gasteiger partial charge < -0.3 is 11.1 Å². The molecule has 0 bridgehead atoms. The van der Waals surface area contributed by atoms with Crippen LogP contribution in [-0.2, 0) is 11.8 Å². The standard InChI is InChI=1S/C11H11F3N4/c12-11(13,14)8-3-1-7(2-4-8)10(16)5-9(15)17-6-18-10/h1-6H,15-16H2,(H,17,18). The second-order valence-electron chi connectivity index (χ2n) is 3.90. The summed E-state index contributed by atoms with van der Waals surface area (Å²) in [7, 11) is 0. The van der Waals surface area contributed by atoms with Crippen LogP contribution >= 0.6 is 0 Å². The number of nitrogens with two attached hydrogens (primary N) is 2. The van der Waals surface area contributed by atoms with Crippen LogP contribution in [0.3, 0.4) is 0 Å². The average Bonchev–Trinajstić information content (AvgIpc) is 2.28. The topological polar surface area (TPSA) is 76.4 Å². The highest BCUT2D eigenvalue weighted by molar-refractivity contribution is 5.61. The molecule has 1 aromatic rings. The summed E-state index contributed by atoms with van der Waals surface area (Å²) in [5.74, 6) is 0.299. The highest BCUT2D eigenvalue weighted by Gasteiger charge is 2.32. The van der Waals surface area contributed by atoms with E-state index in [4.69, 9.17) is 11.5 Å². The molecule has 0 saturated carbocycles. The molecule has 4 nitrogen and oxygen atoms in total. The molecule has 2 rings (SSSR count). The number of aliphatic imine (C=N–C) groups is 1. The molecule has 1 aromatic carbocycles. The van der Waals surface area contributed by atoms with E-state index in [0.717, 1.165) is 12.1 Å². The molecule has 0 aromatic heterocycles. The number of alkyl halides is 3. The summed E-state index contributed by atoms with van der Waals surface area (Å²) < 4.78 is 37.2. The highest BCUT2D eigenvalue weighted by Crippen LogP contribution is 2.31. The lowest BCUT2D eigenvalue weighted by molar-refractivity contribution is -0.137. The van der Waals surface area contributed by atoms with Gasteiger partial charge in [-0.3, -0.25) is 5.73 Å². The quantitative estimate of drug-likeness (QED) is 0.707. The molecular formula is C11H11F3N4. The van der Waals surface area contributed by atoms with E-state index in [1.807, 2.05) is 0 Å². The molecule has 0 fully saturated rings. The molecule has 0 radical (unpaired) electrons. The van der Waals surface area contributed by atoms with Gasteiger partial charge in [0.25, 0.3) is 0 Å². The van der Waals surface area contributed by atoms with Gasteiger partial charge in [-0.2, -0.15) is 13.2 Å². The first-order valence-corrected chi connectivity index (χ1v) is 5.06. The van der Waals surface area contributed by atoms with Crippen LogP contribution in [0.15, 0.2) is 41.2 Å². The summed E-state index contributed by atoms with van der Waals surface area (Å²) in [5.41, 5.74) is 9.96. The van der Waals surface area contributed by atoms with Crippen LogP contribution in [0.1, 0.15) is 11.1 Å². The molecule has 1 aliphatic heterocycles. The molecule has 0 spiro atoms. The molecule has 1 heterocycles. The fourth-order valence-electron chi connectivity index (χ4n) is 1.61. The molecule has 7 heteroatoms. The lowest BCUT2D eigenvalue weighted by Crippen LogP contribution is -2.39. The molecule has 18 heavy (non-hydrogen) atoms. The van der Waals surface area contributed by atoms with E-state index < -0.39 is 17.4 Å². The van der Waals surface area contributed by atoms with Crippen molar-refractivity contribution in [3.8, 4) is 0 Å². The summed E-state index contributed by atoms with van der Waals surface area (Å²) in [5, 5.41) is 2.63. The zero-order valence-corrected chi connectivity index (χ0v) is 9.20. The predicted molar refractivity (Wildman–Crippen MR) is 61.2 cm³/mol. The van der Waals surface area contributed by atoms with Crippen LogP contribution in [0.4, 0.5) is 13.2 Å². The Kier molecular flexibility index (Phi) is 2.78. The fraction of sp³-hybridized carbons (Fsp3) is 0.182.